The maximum atomic E-state index is 12.6. The van der Waals surface area contributed by atoms with Gasteiger partial charge in [0.15, 0.2) is 5.82 Å². The average Bonchev–Trinajstić information content (AvgIpc) is 3.00. The Morgan fingerprint density at radius 3 is 3.11 bits per heavy atom. The van der Waals surface area contributed by atoms with E-state index in [0.29, 0.717) is 23.7 Å². The van der Waals surface area contributed by atoms with Crippen LogP contribution in [-0.4, -0.2) is 38.7 Å². The molecule has 4 rings (SSSR count). The van der Waals surface area contributed by atoms with Crippen LogP contribution in [0, 0.1) is 0 Å². The number of nitrogens with one attached hydrogen (secondary N) is 1. The van der Waals surface area contributed by atoms with Gasteiger partial charge in [-0.15, -0.1) is 0 Å². The second kappa shape index (κ2) is 3.57. The van der Waals surface area contributed by atoms with Crippen molar-refractivity contribution in [3.8, 4) is 0 Å². The van der Waals surface area contributed by atoms with E-state index in [1.807, 2.05) is 18.2 Å². The number of hydrogen-bond donors (Lipinski definition) is 1. The Morgan fingerprint density at radius 1 is 1.32 bits per heavy atom. The zero-order valence-corrected chi connectivity index (χ0v) is 10.2. The SMILES string of the molecule is O=C1c2c(nc3ccccn23)NC(=O)N2CCC[C@@H]12. The van der Waals surface area contributed by atoms with E-state index >= 15 is 0 Å². The Kier molecular flexibility index (Phi) is 1.98. The van der Waals surface area contributed by atoms with Crippen LogP contribution >= 0.6 is 0 Å². The van der Waals surface area contributed by atoms with E-state index in [-0.39, 0.29) is 17.9 Å². The van der Waals surface area contributed by atoms with Crippen LogP contribution in [0.4, 0.5) is 10.6 Å². The third kappa shape index (κ3) is 1.34. The van der Waals surface area contributed by atoms with Gasteiger partial charge in [-0.2, -0.15) is 0 Å². The zero-order chi connectivity index (χ0) is 13.0. The normalized spacial score (nSPS) is 22.1. The number of urea groups is 1. The summed E-state index contributed by atoms with van der Waals surface area (Å²) in [5.41, 5.74) is 1.16. The Bertz CT molecular complexity index is 706. The summed E-state index contributed by atoms with van der Waals surface area (Å²) in [4.78, 5) is 30.7. The van der Waals surface area contributed by atoms with Gasteiger partial charge < -0.3 is 4.90 Å². The average molecular weight is 256 g/mol. The van der Waals surface area contributed by atoms with Gasteiger partial charge in [0.1, 0.15) is 11.3 Å². The number of amides is 2. The Balaban J connectivity index is 1.97. The first-order chi connectivity index (χ1) is 9.25. The molecule has 1 atom stereocenters. The number of carbonyl (C=O) groups excluding carboxylic acids is 2. The van der Waals surface area contributed by atoms with Crippen molar-refractivity contribution in [3.63, 3.8) is 0 Å². The van der Waals surface area contributed by atoms with Crippen LogP contribution in [0.25, 0.3) is 5.65 Å². The number of aromatic nitrogens is 2. The molecule has 0 saturated carbocycles. The Labute approximate surface area is 109 Å². The smallest absolute Gasteiger partial charge is 0.314 e. The highest BCUT2D eigenvalue weighted by Gasteiger charge is 2.40. The molecule has 4 heterocycles. The number of nitrogens with zero attached hydrogens (tertiary/aromatic N) is 3. The minimum absolute atomic E-state index is 0.0236. The Morgan fingerprint density at radius 2 is 2.21 bits per heavy atom. The third-order valence-electron chi connectivity index (χ3n) is 3.80. The van der Waals surface area contributed by atoms with Crippen LogP contribution in [0.3, 0.4) is 0 Å². The van der Waals surface area contributed by atoms with Gasteiger partial charge in [0.05, 0.1) is 6.04 Å². The zero-order valence-electron chi connectivity index (χ0n) is 10.2. The van der Waals surface area contributed by atoms with Crippen LogP contribution in [0.1, 0.15) is 23.3 Å². The molecule has 6 heteroatoms. The molecule has 2 amide bonds. The van der Waals surface area contributed by atoms with E-state index in [9.17, 15) is 9.59 Å². The fraction of sp³-hybridized carbons (Fsp3) is 0.308. The van der Waals surface area contributed by atoms with Gasteiger partial charge in [0, 0.05) is 12.7 Å². The molecule has 0 aliphatic carbocycles. The number of anilines is 1. The lowest BCUT2D eigenvalue weighted by molar-refractivity contribution is 0.0893. The van der Waals surface area contributed by atoms with Crippen LogP contribution in [0.15, 0.2) is 24.4 Å². The van der Waals surface area contributed by atoms with Crippen molar-refractivity contribution < 1.29 is 9.59 Å². The van der Waals surface area contributed by atoms with Crippen LogP contribution < -0.4 is 5.32 Å². The first kappa shape index (κ1) is 10.5. The minimum atomic E-state index is -0.346. The lowest BCUT2D eigenvalue weighted by atomic mass is 10.1. The largest absolute Gasteiger partial charge is 0.323 e. The second-order valence-electron chi connectivity index (χ2n) is 4.88. The van der Waals surface area contributed by atoms with E-state index in [1.54, 1.807) is 15.5 Å². The predicted octanol–water partition coefficient (Wildman–Crippen LogP) is 1.53. The van der Waals surface area contributed by atoms with Crippen molar-refractivity contribution in [1.82, 2.24) is 14.3 Å². The summed E-state index contributed by atoms with van der Waals surface area (Å²) < 4.78 is 1.75. The molecule has 1 fully saturated rings. The van der Waals surface area contributed by atoms with Crippen molar-refractivity contribution >= 4 is 23.3 Å². The standard InChI is InChI=1S/C13H12N4O2/c18-11-8-4-3-7-16(8)13(19)15-12-10(11)17-6-2-1-5-9(17)14-12/h1-2,5-6,8H,3-4,7H2,(H,15,19)/t8-/m0/s1. The first-order valence-corrected chi connectivity index (χ1v) is 6.34. The Hall–Kier alpha value is -2.37. The van der Waals surface area contributed by atoms with Crippen molar-refractivity contribution in [1.29, 1.82) is 0 Å². The van der Waals surface area contributed by atoms with Crippen molar-refractivity contribution in [2.24, 2.45) is 0 Å². The van der Waals surface area contributed by atoms with Gasteiger partial charge in [-0.25, -0.2) is 9.78 Å². The van der Waals surface area contributed by atoms with Crippen LogP contribution in [0.5, 0.6) is 0 Å². The van der Waals surface area contributed by atoms with Gasteiger partial charge in [-0.1, -0.05) is 6.07 Å². The predicted molar refractivity (Wildman–Crippen MR) is 68.3 cm³/mol. The summed E-state index contributed by atoms with van der Waals surface area (Å²) in [5, 5.41) is 2.75. The second-order valence-corrected chi connectivity index (χ2v) is 4.88. The number of fused-ring (bicyclic) bond motifs is 4. The van der Waals surface area contributed by atoms with E-state index < -0.39 is 0 Å². The van der Waals surface area contributed by atoms with Crippen LogP contribution in [-0.2, 0) is 0 Å². The summed E-state index contributed by atoms with van der Waals surface area (Å²) in [5.74, 6) is 0.347. The van der Waals surface area contributed by atoms with E-state index in [0.717, 1.165) is 12.8 Å². The molecule has 2 aliphatic heterocycles. The third-order valence-corrected chi connectivity index (χ3v) is 3.80. The van der Waals surface area contributed by atoms with E-state index in [4.69, 9.17) is 0 Å². The number of rotatable bonds is 0. The van der Waals surface area contributed by atoms with E-state index in [1.165, 1.54) is 0 Å². The topological polar surface area (TPSA) is 66.7 Å². The number of carbonyl (C=O) groups is 2. The van der Waals surface area contributed by atoms with Crippen LogP contribution in [0.2, 0.25) is 0 Å². The molecule has 96 valence electrons. The van der Waals surface area contributed by atoms with Gasteiger partial charge in [-0.3, -0.25) is 14.5 Å². The van der Waals surface area contributed by atoms with Gasteiger partial charge in [0.2, 0.25) is 5.78 Å². The molecule has 0 unspecified atom stereocenters. The molecule has 0 bridgehead atoms. The fourth-order valence-electron chi connectivity index (χ4n) is 2.93. The first-order valence-electron chi connectivity index (χ1n) is 6.34. The molecule has 6 nitrogen and oxygen atoms in total. The van der Waals surface area contributed by atoms with Crippen molar-refractivity contribution in [3.05, 3.63) is 30.1 Å². The van der Waals surface area contributed by atoms with E-state index in [2.05, 4.69) is 10.3 Å². The molecular formula is C13H12N4O2. The molecule has 0 radical (unpaired) electrons. The highest BCUT2D eigenvalue weighted by Crippen LogP contribution is 2.29. The lowest BCUT2D eigenvalue weighted by Gasteiger charge is -2.19. The molecule has 1 saturated heterocycles. The molecule has 2 aromatic rings. The monoisotopic (exact) mass is 256 g/mol. The summed E-state index contributed by atoms with van der Waals surface area (Å²) in [7, 11) is 0. The summed E-state index contributed by atoms with van der Waals surface area (Å²) >= 11 is 0. The fourth-order valence-corrected chi connectivity index (χ4v) is 2.93. The summed E-state index contributed by atoms with van der Waals surface area (Å²) in [6, 6.07) is 4.96. The molecule has 0 spiro atoms. The lowest BCUT2D eigenvalue weighted by Crippen LogP contribution is -2.40. The summed E-state index contributed by atoms with van der Waals surface area (Å²) in [6.07, 6.45) is 3.40. The van der Waals surface area contributed by atoms with Gasteiger partial charge >= 0.3 is 6.03 Å². The highest BCUT2D eigenvalue weighted by atomic mass is 16.2. The molecule has 2 aliphatic rings. The maximum Gasteiger partial charge on any atom is 0.323 e. The molecule has 1 N–H and O–H groups in total. The molecular weight excluding hydrogens is 244 g/mol. The maximum absolute atomic E-state index is 12.6. The number of pyridine rings is 1. The highest BCUT2D eigenvalue weighted by molar-refractivity contribution is 6.10. The molecule has 0 aromatic carbocycles. The molecule has 19 heavy (non-hydrogen) atoms. The number of imidazole rings is 1. The van der Waals surface area contributed by atoms with Gasteiger partial charge in [-0.05, 0) is 25.0 Å². The molecule has 2 aromatic heterocycles. The quantitative estimate of drug-likeness (QED) is 0.777. The number of ketones is 1. The van der Waals surface area contributed by atoms with Gasteiger partial charge in [0.25, 0.3) is 0 Å². The summed E-state index contributed by atoms with van der Waals surface area (Å²) in [6.45, 7) is 0.634. The van der Waals surface area contributed by atoms with Crippen molar-refractivity contribution in [2.45, 2.75) is 18.9 Å². The minimum Gasteiger partial charge on any atom is -0.314 e. The number of hydrogen-bond acceptors (Lipinski definition) is 3. The number of Topliss-reactive ketones (excluding diaryl/α,β-unsaturated/α-hetero) is 1. The van der Waals surface area contributed by atoms with Crippen molar-refractivity contribution in [2.75, 3.05) is 11.9 Å².